The molecule has 0 radical (unpaired) electrons. The van der Waals surface area contributed by atoms with Crippen LogP contribution in [0.5, 0.6) is 11.6 Å². The maximum Gasteiger partial charge on any atom is 0.204 e. The van der Waals surface area contributed by atoms with Crippen molar-refractivity contribution in [1.82, 2.24) is 4.98 Å². The third-order valence-electron chi connectivity index (χ3n) is 4.31. The van der Waals surface area contributed by atoms with Gasteiger partial charge in [0.1, 0.15) is 29.7 Å². The highest BCUT2D eigenvalue weighted by Crippen LogP contribution is 2.15. The number of pyridine rings is 1. The normalized spacial score (nSPS) is 15.8. The van der Waals surface area contributed by atoms with Crippen molar-refractivity contribution in [2.45, 2.75) is 32.3 Å². The van der Waals surface area contributed by atoms with Crippen LogP contribution in [0.25, 0.3) is 0 Å². The highest BCUT2D eigenvalue weighted by Gasteiger charge is 2.15. The van der Waals surface area contributed by atoms with E-state index in [1.54, 1.807) is 0 Å². The summed E-state index contributed by atoms with van der Waals surface area (Å²) in [5, 5.41) is 9.30. The minimum absolute atomic E-state index is 0.0197. The van der Waals surface area contributed by atoms with E-state index in [1.807, 2.05) is 37.3 Å². The summed E-state index contributed by atoms with van der Waals surface area (Å²) in [6.07, 6.45) is 3.13. The third-order valence-corrected chi connectivity index (χ3v) is 4.31. The lowest BCUT2D eigenvalue weighted by atomic mass is 10.1. The molecule has 0 amide bonds. The van der Waals surface area contributed by atoms with Crippen molar-refractivity contribution in [3.05, 3.63) is 57.4 Å². The molecule has 1 unspecified atom stereocenters. The van der Waals surface area contributed by atoms with Gasteiger partial charge < -0.3 is 19.2 Å². The summed E-state index contributed by atoms with van der Waals surface area (Å²) in [5.74, 6) is 6.88. The molecule has 0 spiro atoms. The first-order chi connectivity index (χ1) is 13.7. The summed E-state index contributed by atoms with van der Waals surface area (Å²) >= 11 is 0. The zero-order chi connectivity index (χ0) is 19.8. The highest BCUT2D eigenvalue weighted by atomic mass is 16.5. The molecule has 1 N–H and O–H groups in total. The van der Waals surface area contributed by atoms with Crippen LogP contribution in [0.4, 0.5) is 0 Å². The first-order valence-electron chi connectivity index (χ1n) is 9.36. The Labute approximate surface area is 164 Å². The molecular weight excluding hydrogens is 356 g/mol. The fourth-order valence-corrected chi connectivity index (χ4v) is 2.88. The van der Waals surface area contributed by atoms with Crippen molar-refractivity contribution < 1.29 is 14.2 Å². The Morgan fingerprint density at radius 3 is 2.71 bits per heavy atom. The number of nitriles is 1. The van der Waals surface area contributed by atoms with E-state index >= 15 is 0 Å². The van der Waals surface area contributed by atoms with E-state index in [0.29, 0.717) is 13.2 Å². The van der Waals surface area contributed by atoms with Gasteiger partial charge in [0.15, 0.2) is 5.88 Å². The fourth-order valence-electron chi connectivity index (χ4n) is 2.88. The minimum Gasteiger partial charge on any atom is -0.494 e. The van der Waals surface area contributed by atoms with E-state index < -0.39 is 5.43 Å². The molecule has 1 aromatic heterocycles. The number of aromatic amines is 1. The molecule has 6 nitrogen and oxygen atoms in total. The Kier molecular flexibility index (Phi) is 6.73. The molecule has 3 rings (SSSR count). The van der Waals surface area contributed by atoms with Gasteiger partial charge in [0, 0.05) is 18.2 Å². The molecule has 28 heavy (non-hydrogen) atoms. The van der Waals surface area contributed by atoms with Gasteiger partial charge in [-0.2, -0.15) is 5.26 Å². The van der Waals surface area contributed by atoms with Crippen LogP contribution < -0.4 is 14.9 Å². The molecule has 1 aliphatic heterocycles. The van der Waals surface area contributed by atoms with Crippen LogP contribution in [0.3, 0.4) is 0 Å². The minimum atomic E-state index is -0.420. The van der Waals surface area contributed by atoms with E-state index in [4.69, 9.17) is 14.2 Å². The smallest absolute Gasteiger partial charge is 0.204 e. The molecule has 0 aliphatic carbocycles. The summed E-state index contributed by atoms with van der Waals surface area (Å²) in [5.41, 5.74) is 0.537. The summed E-state index contributed by atoms with van der Waals surface area (Å²) in [6, 6.07) is 10.5. The van der Waals surface area contributed by atoms with Crippen LogP contribution in [-0.4, -0.2) is 30.9 Å². The number of rotatable bonds is 5. The molecular formula is C22H22N2O4. The lowest BCUT2D eigenvalue weighted by Crippen LogP contribution is -2.26. The van der Waals surface area contributed by atoms with Crippen molar-refractivity contribution in [2.75, 3.05) is 19.8 Å². The number of aromatic nitrogens is 1. The van der Waals surface area contributed by atoms with Gasteiger partial charge >= 0.3 is 0 Å². The molecule has 6 heteroatoms. The molecule has 2 heterocycles. The Hall–Kier alpha value is -3.22. The quantitative estimate of drug-likeness (QED) is 0.809. The van der Waals surface area contributed by atoms with Crippen LogP contribution in [0.2, 0.25) is 0 Å². The largest absolute Gasteiger partial charge is 0.494 e. The Morgan fingerprint density at radius 1 is 1.21 bits per heavy atom. The predicted molar refractivity (Wildman–Crippen MR) is 104 cm³/mol. The summed E-state index contributed by atoms with van der Waals surface area (Å²) in [4.78, 5) is 15.2. The van der Waals surface area contributed by atoms with Gasteiger partial charge in [0.25, 0.3) is 0 Å². The van der Waals surface area contributed by atoms with Gasteiger partial charge in [-0.3, -0.25) is 4.79 Å². The van der Waals surface area contributed by atoms with Gasteiger partial charge in [-0.05, 0) is 56.4 Å². The predicted octanol–water partition coefficient (Wildman–Crippen LogP) is 2.99. The van der Waals surface area contributed by atoms with E-state index in [-0.39, 0.29) is 23.2 Å². The van der Waals surface area contributed by atoms with Crippen LogP contribution in [0.1, 0.15) is 43.0 Å². The number of hydrogen-bond donors (Lipinski definition) is 1. The summed E-state index contributed by atoms with van der Waals surface area (Å²) in [7, 11) is 0. The lowest BCUT2D eigenvalue weighted by molar-refractivity contribution is -0.0119. The molecule has 1 fully saturated rings. The van der Waals surface area contributed by atoms with Crippen molar-refractivity contribution in [1.29, 1.82) is 5.26 Å². The average Bonchev–Trinajstić information content (AvgIpc) is 2.72. The van der Waals surface area contributed by atoms with Gasteiger partial charge in [-0.1, -0.05) is 5.92 Å². The molecule has 1 atom stereocenters. The number of benzene rings is 1. The van der Waals surface area contributed by atoms with Crippen LogP contribution in [0.15, 0.2) is 35.1 Å². The standard InChI is InChI=1S/C22H22N2O4/c1-2-26-17-9-6-16(7-10-17)8-11-20-19(14-23)21(25)13-22(24-20)28-15-18-5-3-4-12-27-18/h6-7,9-10,13,18H,2-5,12,15H2,1H3,(H,24,25). The van der Waals surface area contributed by atoms with Crippen LogP contribution in [-0.2, 0) is 4.74 Å². The van der Waals surface area contributed by atoms with Crippen molar-refractivity contribution >= 4 is 0 Å². The number of nitrogens with zero attached hydrogens (tertiary/aromatic N) is 1. The number of hydrogen-bond acceptors (Lipinski definition) is 5. The molecule has 1 aromatic carbocycles. The summed E-state index contributed by atoms with van der Waals surface area (Å²) < 4.78 is 16.7. The van der Waals surface area contributed by atoms with Crippen LogP contribution in [0, 0.1) is 23.2 Å². The Morgan fingerprint density at radius 2 is 2.04 bits per heavy atom. The van der Waals surface area contributed by atoms with Crippen molar-refractivity contribution in [2.24, 2.45) is 0 Å². The molecule has 0 saturated carbocycles. The molecule has 1 saturated heterocycles. The lowest BCUT2D eigenvalue weighted by Gasteiger charge is -2.22. The maximum absolute atomic E-state index is 12.2. The summed E-state index contributed by atoms with van der Waals surface area (Å²) in [6.45, 7) is 3.60. The Bertz CT molecular complexity index is 955. The van der Waals surface area contributed by atoms with Gasteiger partial charge in [0.05, 0.1) is 12.7 Å². The topological polar surface area (TPSA) is 84.3 Å². The highest BCUT2D eigenvalue weighted by molar-refractivity contribution is 5.49. The maximum atomic E-state index is 12.2. The van der Waals surface area contributed by atoms with E-state index in [1.165, 1.54) is 6.07 Å². The van der Waals surface area contributed by atoms with Gasteiger partial charge in [-0.15, -0.1) is 0 Å². The molecule has 1 aliphatic rings. The second kappa shape index (κ2) is 9.64. The van der Waals surface area contributed by atoms with E-state index in [9.17, 15) is 10.1 Å². The molecule has 144 valence electrons. The molecule has 2 aromatic rings. The number of nitrogens with one attached hydrogen (secondary N) is 1. The van der Waals surface area contributed by atoms with Gasteiger partial charge in [-0.25, -0.2) is 0 Å². The first kappa shape index (κ1) is 19.5. The van der Waals surface area contributed by atoms with Gasteiger partial charge in [0.2, 0.25) is 5.43 Å². The fraction of sp³-hybridized carbons (Fsp3) is 0.364. The molecule has 0 bridgehead atoms. The van der Waals surface area contributed by atoms with E-state index in [0.717, 1.165) is 37.2 Å². The van der Waals surface area contributed by atoms with Crippen LogP contribution >= 0.6 is 0 Å². The number of H-pyrrole nitrogens is 1. The zero-order valence-corrected chi connectivity index (χ0v) is 15.8. The zero-order valence-electron chi connectivity index (χ0n) is 15.8. The first-order valence-corrected chi connectivity index (χ1v) is 9.36. The van der Waals surface area contributed by atoms with Crippen molar-refractivity contribution in [3.8, 4) is 29.5 Å². The second-order valence-corrected chi connectivity index (χ2v) is 6.37. The van der Waals surface area contributed by atoms with E-state index in [2.05, 4.69) is 16.8 Å². The second-order valence-electron chi connectivity index (χ2n) is 6.37. The SMILES string of the molecule is CCOc1ccc(C#Cc2[nH]c(OCC3CCCCO3)cc(=O)c2C#N)cc1. The third kappa shape index (κ3) is 5.16. The monoisotopic (exact) mass is 378 g/mol. The van der Waals surface area contributed by atoms with Crippen molar-refractivity contribution in [3.63, 3.8) is 0 Å². The Balaban J connectivity index is 1.78. The number of ether oxygens (including phenoxy) is 3. The average molecular weight is 378 g/mol.